The van der Waals surface area contributed by atoms with E-state index in [0.717, 1.165) is 10.2 Å². The SMILES string of the molecule is C[C@@H](N[S@@](=O)C(C)(C)C)c1ccc(Br)nc1. The van der Waals surface area contributed by atoms with Crippen molar-refractivity contribution in [3.05, 3.63) is 28.5 Å². The summed E-state index contributed by atoms with van der Waals surface area (Å²) in [5.74, 6) is 0. The van der Waals surface area contributed by atoms with Crippen molar-refractivity contribution >= 4 is 26.9 Å². The second-order valence-corrected chi connectivity index (χ2v) is 7.45. The molecule has 0 radical (unpaired) electrons. The van der Waals surface area contributed by atoms with Crippen molar-refractivity contribution in [1.82, 2.24) is 9.71 Å². The number of nitrogens with zero attached hydrogens (tertiary/aromatic N) is 1. The van der Waals surface area contributed by atoms with Gasteiger partial charge in [0.2, 0.25) is 0 Å². The molecule has 0 saturated carbocycles. The van der Waals surface area contributed by atoms with Crippen LogP contribution >= 0.6 is 15.9 Å². The van der Waals surface area contributed by atoms with E-state index in [2.05, 4.69) is 25.6 Å². The number of hydrogen-bond donors (Lipinski definition) is 1. The summed E-state index contributed by atoms with van der Waals surface area (Å²) in [6, 6.07) is 3.88. The summed E-state index contributed by atoms with van der Waals surface area (Å²) in [5, 5.41) is 0. The van der Waals surface area contributed by atoms with E-state index in [4.69, 9.17) is 0 Å². The molecule has 0 saturated heterocycles. The Morgan fingerprint density at radius 1 is 1.44 bits per heavy atom. The van der Waals surface area contributed by atoms with Gasteiger partial charge in [-0.15, -0.1) is 0 Å². The molecule has 3 nitrogen and oxygen atoms in total. The first-order valence-electron chi connectivity index (χ1n) is 5.10. The molecule has 0 amide bonds. The minimum absolute atomic E-state index is 0.0284. The first kappa shape index (κ1) is 13.8. The molecule has 0 bridgehead atoms. The maximum Gasteiger partial charge on any atom is 0.106 e. The van der Waals surface area contributed by atoms with E-state index >= 15 is 0 Å². The molecule has 0 fully saturated rings. The summed E-state index contributed by atoms with van der Waals surface area (Å²) in [7, 11) is -1.06. The number of nitrogens with one attached hydrogen (secondary N) is 1. The summed E-state index contributed by atoms with van der Waals surface area (Å²) < 4.78 is 15.5. The lowest BCUT2D eigenvalue weighted by atomic mass is 10.2. The van der Waals surface area contributed by atoms with E-state index in [-0.39, 0.29) is 10.8 Å². The Labute approximate surface area is 108 Å². The van der Waals surface area contributed by atoms with Crippen LogP contribution in [-0.2, 0) is 11.0 Å². The van der Waals surface area contributed by atoms with Crippen LogP contribution in [0.5, 0.6) is 0 Å². The van der Waals surface area contributed by atoms with Gasteiger partial charge in [0, 0.05) is 12.2 Å². The molecule has 0 spiro atoms. The van der Waals surface area contributed by atoms with Gasteiger partial charge in [-0.25, -0.2) is 13.9 Å². The van der Waals surface area contributed by atoms with E-state index in [1.54, 1.807) is 6.20 Å². The van der Waals surface area contributed by atoms with Crippen molar-refractivity contribution in [3.8, 4) is 0 Å². The Morgan fingerprint density at radius 3 is 2.50 bits per heavy atom. The fourth-order valence-corrected chi connectivity index (χ4v) is 2.09. The second kappa shape index (κ2) is 5.38. The number of aromatic nitrogens is 1. The molecule has 2 atom stereocenters. The third-order valence-electron chi connectivity index (χ3n) is 2.09. The van der Waals surface area contributed by atoms with Crippen molar-refractivity contribution in [3.63, 3.8) is 0 Å². The van der Waals surface area contributed by atoms with Gasteiger partial charge in [0.25, 0.3) is 0 Å². The third-order valence-corrected chi connectivity index (χ3v) is 4.24. The maximum absolute atomic E-state index is 11.9. The molecular weight excluding hydrogens is 288 g/mol. The van der Waals surface area contributed by atoms with Crippen LogP contribution in [-0.4, -0.2) is 13.9 Å². The quantitative estimate of drug-likeness (QED) is 0.872. The average Bonchev–Trinajstić information content (AvgIpc) is 2.17. The van der Waals surface area contributed by atoms with Gasteiger partial charge in [0.1, 0.15) is 4.60 Å². The Morgan fingerprint density at radius 2 is 2.06 bits per heavy atom. The Hall–Kier alpha value is -0.260. The van der Waals surface area contributed by atoms with Crippen LogP contribution < -0.4 is 4.72 Å². The molecule has 1 N–H and O–H groups in total. The van der Waals surface area contributed by atoms with E-state index in [9.17, 15) is 4.21 Å². The molecule has 0 aliphatic heterocycles. The molecule has 1 aromatic rings. The fraction of sp³-hybridized carbons (Fsp3) is 0.545. The zero-order valence-corrected chi connectivity index (χ0v) is 12.4. The monoisotopic (exact) mass is 304 g/mol. The fourth-order valence-electron chi connectivity index (χ4n) is 1.05. The predicted molar refractivity (Wildman–Crippen MR) is 71.4 cm³/mol. The minimum atomic E-state index is -1.06. The normalized spacial score (nSPS) is 15.8. The van der Waals surface area contributed by atoms with Gasteiger partial charge in [-0.2, -0.15) is 0 Å². The first-order chi connectivity index (χ1) is 7.30. The molecule has 1 heterocycles. The van der Waals surface area contributed by atoms with Crippen molar-refractivity contribution < 1.29 is 4.21 Å². The van der Waals surface area contributed by atoms with Crippen LogP contribution in [0.3, 0.4) is 0 Å². The highest BCUT2D eigenvalue weighted by Gasteiger charge is 2.21. The lowest BCUT2D eigenvalue weighted by molar-refractivity contribution is 0.615. The summed E-state index contributed by atoms with van der Waals surface area (Å²) in [4.78, 5) is 4.15. The third kappa shape index (κ3) is 3.96. The first-order valence-corrected chi connectivity index (χ1v) is 7.04. The van der Waals surface area contributed by atoms with Gasteiger partial charge in [0.05, 0.1) is 15.7 Å². The van der Waals surface area contributed by atoms with Crippen LogP contribution in [0.15, 0.2) is 22.9 Å². The standard InChI is InChI=1S/C11H17BrN2OS/c1-8(14-16(15)11(2,3)4)9-5-6-10(12)13-7-9/h5-8,14H,1-4H3/t8-,16+/m1/s1. The molecule has 1 rings (SSSR count). The highest BCUT2D eigenvalue weighted by Crippen LogP contribution is 2.17. The largest absolute Gasteiger partial charge is 0.249 e. The van der Waals surface area contributed by atoms with Gasteiger partial charge in [-0.3, -0.25) is 0 Å². The highest BCUT2D eigenvalue weighted by molar-refractivity contribution is 9.10. The zero-order chi connectivity index (χ0) is 12.3. The molecule has 0 unspecified atom stereocenters. The van der Waals surface area contributed by atoms with E-state index < -0.39 is 11.0 Å². The van der Waals surface area contributed by atoms with Crippen LogP contribution in [0.1, 0.15) is 39.3 Å². The molecule has 0 aliphatic carbocycles. The molecular formula is C11H17BrN2OS. The molecule has 16 heavy (non-hydrogen) atoms. The molecule has 0 aliphatic rings. The summed E-state index contributed by atoms with van der Waals surface area (Å²) in [5.41, 5.74) is 1.03. The number of rotatable bonds is 3. The van der Waals surface area contributed by atoms with Crippen LogP contribution in [0.4, 0.5) is 0 Å². The Kier molecular flexibility index (Phi) is 4.64. The van der Waals surface area contributed by atoms with Crippen LogP contribution in [0, 0.1) is 0 Å². The summed E-state index contributed by atoms with van der Waals surface area (Å²) >= 11 is 3.29. The number of hydrogen-bond acceptors (Lipinski definition) is 2. The molecule has 0 aromatic carbocycles. The smallest absolute Gasteiger partial charge is 0.106 e. The number of pyridine rings is 1. The van der Waals surface area contributed by atoms with Crippen molar-refractivity contribution in [1.29, 1.82) is 0 Å². The number of halogens is 1. The van der Waals surface area contributed by atoms with Crippen molar-refractivity contribution in [2.75, 3.05) is 0 Å². The van der Waals surface area contributed by atoms with Gasteiger partial charge >= 0.3 is 0 Å². The van der Waals surface area contributed by atoms with Crippen molar-refractivity contribution in [2.45, 2.75) is 38.5 Å². The predicted octanol–water partition coefficient (Wildman–Crippen LogP) is 2.96. The Bertz CT molecular complexity index is 373. The molecule has 5 heteroatoms. The molecule has 1 aromatic heterocycles. The van der Waals surface area contributed by atoms with Gasteiger partial charge in [0.15, 0.2) is 0 Å². The zero-order valence-electron chi connectivity index (χ0n) is 9.95. The second-order valence-electron chi connectivity index (χ2n) is 4.63. The van der Waals surface area contributed by atoms with Crippen LogP contribution in [0.2, 0.25) is 0 Å². The average molecular weight is 305 g/mol. The lowest BCUT2D eigenvalue weighted by Gasteiger charge is -2.21. The summed E-state index contributed by atoms with van der Waals surface area (Å²) in [6.45, 7) is 7.82. The van der Waals surface area contributed by atoms with Crippen molar-refractivity contribution in [2.24, 2.45) is 0 Å². The molecule has 90 valence electrons. The van der Waals surface area contributed by atoms with Gasteiger partial charge in [-0.1, -0.05) is 6.07 Å². The topological polar surface area (TPSA) is 42.0 Å². The van der Waals surface area contributed by atoms with E-state index in [0.29, 0.717) is 0 Å². The maximum atomic E-state index is 11.9. The van der Waals surface area contributed by atoms with E-state index in [1.165, 1.54) is 0 Å². The van der Waals surface area contributed by atoms with Gasteiger partial charge in [-0.05, 0) is 55.3 Å². The minimum Gasteiger partial charge on any atom is -0.249 e. The lowest BCUT2D eigenvalue weighted by Crippen LogP contribution is -2.34. The summed E-state index contributed by atoms with van der Waals surface area (Å²) in [6.07, 6.45) is 1.78. The van der Waals surface area contributed by atoms with Gasteiger partial charge < -0.3 is 0 Å². The Balaban J connectivity index is 2.69. The van der Waals surface area contributed by atoms with E-state index in [1.807, 2.05) is 39.8 Å². The van der Waals surface area contributed by atoms with Crippen LogP contribution in [0.25, 0.3) is 0 Å². The highest BCUT2D eigenvalue weighted by atomic mass is 79.9.